The van der Waals surface area contributed by atoms with Crippen LogP contribution in [0, 0.1) is 0 Å². The van der Waals surface area contributed by atoms with Crippen molar-refractivity contribution in [1.29, 1.82) is 0 Å². The number of hydrogen-bond donors (Lipinski definition) is 0. The van der Waals surface area contributed by atoms with Crippen LogP contribution in [0.5, 0.6) is 0 Å². The summed E-state index contributed by atoms with van der Waals surface area (Å²) >= 11 is 0. The first-order chi connectivity index (χ1) is 16.0. The van der Waals surface area contributed by atoms with E-state index >= 15 is 0 Å². The Morgan fingerprint density at radius 3 is 1.32 bits per heavy atom. The number of ketones is 3. The number of esters is 2. The summed E-state index contributed by atoms with van der Waals surface area (Å²) in [6.45, 7) is 6.30. The van der Waals surface area contributed by atoms with E-state index in [1.165, 1.54) is 0 Å². The molecule has 0 bridgehead atoms. The van der Waals surface area contributed by atoms with E-state index in [0.29, 0.717) is 18.2 Å². The van der Waals surface area contributed by atoms with E-state index in [-0.39, 0.29) is 13.9 Å². The summed E-state index contributed by atoms with van der Waals surface area (Å²) in [5.41, 5.74) is -4.41. The van der Waals surface area contributed by atoms with E-state index in [1.54, 1.807) is 0 Å². The Bertz CT molecular complexity index is 1180. The molecule has 0 aliphatic rings. The Hall–Kier alpha value is -4.95. The van der Waals surface area contributed by atoms with Crippen LogP contribution in [0.25, 0.3) is 0 Å². The Morgan fingerprint density at radius 1 is 0.618 bits per heavy atom. The maximum atomic E-state index is 12.6. The Morgan fingerprint density at radius 2 is 0.971 bits per heavy atom. The molecule has 0 radical (unpaired) electrons. The molecule has 34 heavy (non-hydrogen) atoms. The number of carbonyl (C=O) groups excluding carboxylic acids is 6. The average Bonchev–Trinajstić information content (AvgIpc) is 2.83. The maximum Gasteiger partial charge on any atom is 0.403 e. The summed E-state index contributed by atoms with van der Waals surface area (Å²) < 4.78 is 9.43. The number of carbonyl (C=O) groups is 6. The molecule has 1 aromatic heterocycles. The third-order valence-corrected chi connectivity index (χ3v) is 3.70. The van der Waals surface area contributed by atoms with Crippen molar-refractivity contribution in [1.82, 2.24) is 13.9 Å². The normalized spacial score (nSPS) is 9.88. The molecular formula is C19H17N3O12. The fraction of sp³-hybridized carbons (Fsp3) is 0.211. The molecule has 0 saturated carbocycles. The van der Waals surface area contributed by atoms with Crippen molar-refractivity contribution >= 4 is 35.3 Å². The largest absolute Gasteiger partial charge is 0.458 e. The van der Waals surface area contributed by atoms with Gasteiger partial charge in [-0.3, -0.25) is 14.4 Å². The first-order valence-electron chi connectivity index (χ1n) is 9.02. The molecule has 0 amide bonds. The van der Waals surface area contributed by atoms with Gasteiger partial charge in [0.25, 0.3) is 17.3 Å². The maximum absolute atomic E-state index is 12.6. The zero-order chi connectivity index (χ0) is 26.0. The molecule has 0 saturated heterocycles. The van der Waals surface area contributed by atoms with Crippen molar-refractivity contribution in [3.63, 3.8) is 0 Å². The van der Waals surface area contributed by atoms with Gasteiger partial charge in [0, 0.05) is 0 Å². The highest BCUT2D eigenvalue weighted by atomic mass is 16.7. The molecule has 0 aliphatic carbocycles. The number of hydrogen-bond acceptors (Lipinski definition) is 12. The molecule has 0 spiro atoms. The lowest BCUT2D eigenvalue weighted by atomic mass is 10.4. The van der Waals surface area contributed by atoms with Gasteiger partial charge in [-0.05, 0) is 18.2 Å². The van der Waals surface area contributed by atoms with Gasteiger partial charge in [-0.2, -0.15) is 0 Å². The molecule has 180 valence electrons. The van der Waals surface area contributed by atoms with Crippen LogP contribution >= 0.6 is 0 Å². The van der Waals surface area contributed by atoms with E-state index in [1.807, 2.05) is 0 Å². The van der Waals surface area contributed by atoms with Crippen LogP contribution in [0.15, 0.2) is 52.3 Å². The van der Waals surface area contributed by atoms with Gasteiger partial charge in [-0.15, -0.1) is 0 Å². The second-order valence-electron chi connectivity index (χ2n) is 5.80. The van der Waals surface area contributed by atoms with Crippen LogP contribution in [0.4, 0.5) is 0 Å². The van der Waals surface area contributed by atoms with E-state index < -0.39 is 78.6 Å². The molecule has 1 heterocycles. The predicted molar refractivity (Wildman–Crippen MR) is 108 cm³/mol. The lowest BCUT2D eigenvalue weighted by Gasteiger charge is -2.13. The average molecular weight is 479 g/mol. The Kier molecular flexibility index (Phi) is 9.70. The first-order valence-corrected chi connectivity index (χ1v) is 9.02. The number of ether oxygens (including phenoxy) is 2. The number of rotatable bonds is 13. The Balaban J connectivity index is 3.36. The van der Waals surface area contributed by atoms with Gasteiger partial charge in [0.2, 0.25) is 0 Å². The molecule has 0 atom stereocenters. The fourth-order valence-electron chi connectivity index (χ4n) is 2.05. The van der Waals surface area contributed by atoms with Crippen LogP contribution in [-0.2, 0) is 51.3 Å². The van der Waals surface area contributed by atoms with E-state index in [2.05, 4.69) is 34.0 Å². The summed E-state index contributed by atoms with van der Waals surface area (Å²) in [5.74, 6) is -7.94. The van der Waals surface area contributed by atoms with Gasteiger partial charge >= 0.3 is 35.0 Å². The molecule has 0 N–H and O–H groups in total. The minimum absolute atomic E-state index is 0.238. The SMILES string of the molecule is C=CC(=O)C(=O)OCCn1c(=O)n(CCOC(=O)C(=O)C=C)c(=O)n(OC(=O)C(=O)C=C)c1=O. The smallest absolute Gasteiger partial charge is 0.403 e. The van der Waals surface area contributed by atoms with Gasteiger partial charge in [0.1, 0.15) is 13.2 Å². The molecule has 0 unspecified atom stereocenters. The minimum atomic E-state index is -1.70. The van der Waals surface area contributed by atoms with Gasteiger partial charge in [-0.1, -0.05) is 24.5 Å². The summed E-state index contributed by atoms with van der Waals surface area (Å²) in [6.07, 6.45) is 1.86. The molecule has 1 aromatic rings. The zero-order valence-corrected chi connectivity index (χ0v) is 17.4. The quantitative estimate of drug-likeness (QED) is 0.154. The van der Waals surface area contributed by atoms with Crippen LogP contribution < -0.4 is 21.9 Å². The highest BCUT2D eigenvalue weighted by Gasteiger charge is 2.22. The molecule has 0 aliphatic heterocycles. The van der Waals surface area contributed by atoms with Crippen molar-refractivity contribution in [2.75, 3.05) is 13.2 Å². The van der Waals surface area contributed by atoms with Crippen molar-refractivity contribution in [2.24, 2.45) is 0 Å². The van der Waals surface area contributed by atoms with Gasteiger partial charge < -0.3 is 14.3 Å². The monoisotopic (exact) mass is 479 g/mol. The second kappa shape index (κ2) is 12.2. The van der Waals surface area contributed by atoms with E-state index in [0.717, 1.165) is 0 Å². The van der Waals surface area contributed by atoms with Gasteiger partial charge in [0.15, 0.2) is 0 Å². The van der Waals surface area contributed by atoms with Crippen molar-refractivity contribution in [3.05, 3.63) is 69.4 Å². The highest BCUT2D eigenvalue weighted by molar-refractivity contribution is 6.39. The fourth-order valence-corrected chi connectivity index (χ4v) is 2.05. The third kappa shape index (κ3) is 6.52. The van der Waals surface area contributed by atoms with Gasteiger partial charge in [-0.25, -0.2) is 37.9 Å². The molecule has 15 nitrogen and oxygen atoms in total. The van der Waals surface area contributed by atoms with Crippen molar-refractivity contribution < 1.29 is 43.1 Å². The summed E-state index contributed by atoms with van der Waals surface area (Å²) in [6, 6.07) is 0. The van der Waals surface area contributed by atoms with Gasteiger partial charge in [0.05, 0.1) is 13.1 Å². The molecular weight excluding hydrogens is 462 g/mol. The standard InChI is InChI=1S/C19H17N3O12/c1-4-11(23)14(26)32-9-7-20-17(29)21(8-10-33-15(27)12(24)5-2)19(31)22(18(20)30)34-16(28)13(25)6-3/h4-6H,1-3,7-10H2. The second-order valence-corrected chi connectivity index (χ2v) is 5.80. The van der Waals surface area contributed by atoms with Crippen molar-refractivity contribution in [3.8, 4) is 0 Å². The summed E-state index contributed by atoms with van der Waals surface area (Å²) in [4.78, 5) is 110. The summed E-state index contributed by atoms with van der Waals surface area (Å²) in [5, 5.41) is 0. The topological polar surface area (TPSA) is 196 Å². The van der Waals surface area contributed by atoms with Crippen LogP contribution in [0.1, 0.15) is 0 Å². The van der Waals surface area contributed by atoms with Crippen molar-refractivity contribution in [2.45, 2.75) is 13.1 Å². The Labute approximate surface area is 188 Å². The lowest BCUT2D eigenvalue weighted by molar-refractivity contribution is -0.153. The van der Waals surface area contributed by atoms with Crippen LogP contribution in [-0.4, -0.2) is 62.3 Å². The molecule has 0 aromatic carbocycles. The molecule has 15 heteroatoms. The predicted octanol–water partition coefficient (Wildman–Crippen LogP) is -3.52. The molecule has 0 fully saturated rings. The first kappa shape index (κ1) is 27.1. The third-order valence-electron chi connectivity index (χ3n) is 3.70. The van der Waals surface area contributed by atoms with E-state index in [4.69, 9.17) is 0 Å². The highest BCUT2D eigenvalue weighted by Crippen LogP contribution is 1.87. The van der Waals surface area contributed by atoms with E-state index in [9.17, 15) is 43.2 Å². The lowest BCUT2D eigenvalue weighted by Crippen LogP contribution is -2.58. The zero-order valence-electron chi connectivity index (χ0n) is 17.4. The van der Waals surface area contributed by atoms with Crippen LogP contribution in [0.2, 0.25) is 0 Å². The van der Waals surface area contributed by atoms with Crippen LogP contribution in [0.3, 0.4) is 0 Å². The molecule has 1 rings (SSSR count). The number of aromatic nitrogens is 3. The summed E-state index contributed by atoms with van der Waals surface area (Å²) in [7, 11) is 0. The number of nitrogens with zero attached hydrogens (tertiary/aromatic N) is 3. The minimum Gasteiger partial charge on any atom is -0.458 e.